The van der Waals surface area contributed by atoms with E-state index in [1.165, 1.54) is 5.69 Å². The maximum absolute atomic E-state index is 5.80. The molecule has 1 aliphatic rings. The van der Waals surface area contributed by atoms with Gasteiger partial charge in [-0.2, -0.15) is 5.10 Å². The van der Waals surface area contributed by atoms with Crippen molar-refractivity contribution in [2.75, 3.05) is 0 Å². The minimum Gasteiger partial charge on any atom is -0.326 e. The van der Waals surface area contributed by atoms with Crippen LogP contribution in [0.15, 0.2) is 6.07 Å². The highest BCUT2D eigenvalue weighted by Crippen LogP contribution is 2.13. The first-order chi connectivity index (χ1) is 5.25. The number of aryl methyl sites for hydroxylation is 2. The van der Waals surface area contributed by atoms with Crippen molar-refractivity contribution in [3.05, 3.63) is 17.5 Å². The third kappa shape index (κ3) is 1.16. The van der Waals surface area contributed by atoms with Gasteiger partial charge in [0.25, 0.3) is 0 Å². The molecular weight excluding hydrogens is 138 g/mol. The first-order valence-electron chi connectivity index (χ1n) is 4.04. The van der Waals surface area contributed by atoms with Crippen molar-refractivity contribution >= 4 is 0 Å². The zero-order chi connectivity index (χ0) is 7.84. The summed E-state index contributed by atoms with van der Waals surface area (Å²) in [5.41, 5.74) is 8.24. The van der Waals surface area contributed by atoms with Gasteiger partial charge in [-0.3, -0.25) is 4.68 Å². The van der Waals surface area contributed by atoms with Gasteiger partial charge < -0.3 is 5.73 Å². The number of nitrogens with zero attached hydrogens (tertiary/aromatic N) is 2. The Morgan fingerprint density at radius 1 is 1.73 bits per heavy atom. The van der Waals surface area contributed by atoms with Crippen LogP contribution in [0, 0.1) is 6.92 Å². The molecule has 3 heteroatoms. The summed E-state index contributed by atoms with van der Waals surface area (Å²) < 4.78 is 2.03. The normalized spacial score (nSPS) is 23.3. The fourth-order valence-electron chi connectivity index (χ4n) is 1.61. The van der Waals surface area contributed by atoms with Crippen molar-refractivity contribution in [3.8, 4) is 0 Å². The van der Waals surface area contributed by atoms with E-state index in [1.54, 1.807) is 0 Å². The second-order valence-electron chi connectivity index (χ2n) is 3.26. The van der Waals surface area contributed by atoms with E-state index in [1.807, 2.05) is 11.6 Å². The van der Waals surface area contributed by atoms with Crippen LogP contribution < -0.4 is 5.73 Å². The van der Waals surface area contributed by atoms with Gasteiger partial charge >= 0.3 is 0 Å². The summed E-state index contributed by atoms with van der Waals surface area (Å²) in [6.07, 6.45) is 2.19. The van der Waals surface area contributed by atoms with Gasteiger partial charge in [0.15, 0.2) is 0 Å². The molecule has 60 valence electrons. The van der Waals surface area contributed by atoms with Gasteiger partial charge in [-0.15, -0.1) is 0 Å². The quantitative estimate of drug-likeness (QED) is 0.585. The van der Waals surface area contributed by atoms with E-state index in [2.05, 4.69) is 11.2 Å². The minimum absolute atomic E-state index is 0.307. The number of aromatic nitrogens is 2. The van der Waals surface area contributed by atoms with Crippen LogP contribution >= 0.6 is 0 Å². The topological polar surface area (TPSA) is 43.8 Å². The third-order valence-electron chi connectivity index (χ3n) is 2.16. The molecule has 0 amide bonds. The van der Waals surface area contributed by atoms with Crippen molar-refractivity contribution in [3.63, 3.8) is 0 Å². The number of nitrogens with two attached hydrogens (primary N) is 1. The number of rotatable bonds is 0. The third-order valence-corrected chi connectivity index (χ3v) is 2.16. The second kappa shape index (κ2) is 2.34. The van der Waals surface area contributed by atoms with Crippen LogP contribution in [0.4, 0.5) is 0 Å². The molecule has 1 aromatic heterocycles. The summed E-state index contributed by atoms with van der Waals surface area (Å²) in [6.45, 7) is 2.92. The number of hydrogen-bond acceptors (Lipinski definition) is 2. The van der Waals surface area contributed by atoms with Gasteiger partial charge in [0.1, 0.15) is 0 Å². The van der Waals surface area contributed by atoms with Crippen LogP contribution in [-0.2, 0) is 13.0 Å². The zero-order valence-electron chi connectivity index (χ0n) is 6.75. The number of hydrogen-bond donors (Lipinski definition) is 1. The second-order valence-corrected chi connectivity index (χ2v) is 3.26. The first kappa shape index (κ1) is 6.85. The Bertz CT molecular complexity index is 264. The molecule has 0 bridgehead atoms. The Hall–Kier alpha value is -0.830. The molecule has 0 radical (unpaired) electrons. The number of fused-ring (bicyclic) bond motifs is 1. The minimum atomic E-state index is 0.307. The summed E-state index contributed by atoms with van der Waals surface area (Å²) in [6, 6.07) is 2.45. The van der Waals surface area contributed by atoms with E-state index in [9.17, 15) is 0 Å². The average molecular weight is 151 g/mol. The van der Waals surface area contributed by atoms with Crippen molar-refractivity contribution in [1.82, 2.24) is 9.78 Å². The molecule has 1 unspecified atom stereocenters. The Kier molecular flexibility index (Phi) is 1.46. The maximum atomic E-state index is 5.80. The molecule has 2 N–H and O–H groups in total. The van der Waals surface area contributed by atoms with Gasteiger partial charge in [-0.25, -0.2) is 0 Å². The maximum Gasteiger partial charge on any atom is 0.0596 e. The van der Waals surface area contributed by atoms with E-state index < -0.39 is 0 Å². The van der Waals surface area contributed by atoms with Crippen LogP contribution in [0.2, 0.25) is 0 Å². The zero-order valence-corrected chi connectivity index (χ0v) is 6.75. The van der Waals surface area contributed by atoms with Crippen LogP contribution in [0.1, 0.15) is 17.8 Å². The van der Waals surface area contributed by atoms with Gasteiger partial charge in [-0.1, -0.05) is 0 Å². The molecule has 0 aliphatic carbocycles. The lowest BCUT2D eigenvalue weighted by atomic mass is 10.1. The molecule has 1 atom stereocenters. The fraction of sp³-hybridized carbons (Fsp3) is 0.625. The van der Waals surface area contributed by atoms with Gasteiger partial charge in [-0.05, 0) is 25.8 Å². The molecule has 2 heterocycles. The van der Waals surface area contributed by atoms with E-state index in [-0.39, 0.29) is 0 Å². The predicted octanol–water partition coefficient (Wildman–Crippen LogP) is 0.465. The van der Waals surface area contributed by atoms with Crippen molar-refractivity contribution in [2.45, 2.75) is 32.4 Å². The highest BCUT2D eigenvalue weighted by atomic mass is 15.3. The Labute approximate surface area is 66.2 Å². The molecule has 1 aromatic rings. The summed E-state index contributed by atoms with van der Waals surface area (Å²) in [5, 5.41) is 4.34. The summed E-state index contributed by atoms with van der Waals surface area (Å²) in [4.78, 5) is 0. The monoisotopic (exact) mass is 151 g/mol. The van der Waals surface area contributed by atoms with Crippen molar-refractivity contribution in [1.29, 1.82) is 0 Å². The standard InChI is InChI=1S/C8H13N3/c1-6-4-8-3-2-7(9)5-11(8)10-6/h4,7H,2-3,5,9H2,1H3. The summed E-state index contributed by atoms with van der Waals surface area (Å²) in [5.74, 6) is 0. The van der Waals surface area contributed by atoms with Crippen molar-refractivity contribution in [2.24, 2.45) is 5.73 Å². The lowest BCUT2D eigenvalue weighted by Crippen LogP contribution is -2.32. The van der Waals surface area contributed by atoms with Crippen LogP contribution in [0.25, 0.3) is 0 Å². The van der Waals surface area contributed by atoms with E-state index in [0.29, 0.717) is 6.04 Å². The SMILES string of the molecule is Cc1cc2n(n1)CC(N)CC2. The largest absolute Gasteiger partial charge is 0.326 e. The van der Waals surface area contributed by atoms with Gasteiger partial charge in [0.05, 0.1) is 12.2 Å². The smallest absolute Gasteiger partial charge is 0.0596 e. The molecule has 0 spiro atoms. The van der Waals surface area contributed by atoms with Crippen LogP contribution in [0.3, 0.4) is 0 Å². The molecule has 3 nitrogen and oxygen atoms in total. The molecule has 2 rings (SSSR count). The molecule has 0 saturated heterocycles. The first-order valence-corrected chi connectivity index (χ1v) is 4.04. The molecule has 0 fully saturated rings. The fourth-order valence-corrected chi connectivity index (χ4v) is 1.61. The summed E-state index contributed by atoms with van der Waals surface area (Å²) in [7, 11) is 0. The van der Waals surface area contributed by atoms with Crippen molar-refractivity contribution < 1.29 is 0 Å². The van der Waals surface area contributed by atoms with Gasteiger partial charge in [0.2, 0.25) is 0 Å². The highest BCUT2D eigenvalue weighted by Gasteiger charge is 2.15. The van der Waals surface area contributed by atoms with E-state index in [0.717, 1.165) is 25.1 Å². The van der Waals surface area contributed by atoms with Crippen LogP contribution in [0.5, 0.6) is 0 Å². The molecule has 1 aliphatic heterocycles. The average Bonchev–Trinajstić information content (AvgIpc) is 2.27. The van der Waals surface area contributed by atoms with E-state index in [4.69, 9.17) is 5.73 Å². The molecule has 0 aromatic carbocycles. The summed E-state index contributed by atoms with van der Waals surface area (Å²) >= 11 is 0. The molecular formula is C8H13N3. The van der Waals surface area contributed by atoms with E-state index >= 15 is 0 Å². The molecule has 0 saturated carbocycles. The Morgan fingerprint density at radius 3 is 3.36 bits per heavy atom. The lowest BCUT2D eigenvalue weighted by molar-refractivity contribution is 0.426. The highest BCUT2D eigenvalue weighted by molar-refractivity contribution is 5.11. The van der Waals surface area contributed by atoms with Crippen LogP contribution in [-0.4, -0.2) is 15.8 Å². The Balaban J connectivity index is 2.34. The predicted molar refractivity (Wildman–Crippen MR) is 43.3 cm³/mol. The Morgan fingerprint density at radius 2 is 2.55 bits per heavy atom. The van der Waals surface area contributed by atoms with Gasteiger partial charge in [0, 0.05) is 11.7 Å². The molecule has 11 heavy (non-hydrogen) atoms. The lowest BCUT2D eigenvalue weighted by Gasteiger charge is -2.19.